The fourth-order valence-corrected chi connectivity index (χ4v) is 0.935. The Labute approximate surface area is 78.3 Å². The number of amides is 2. The first-order chi connectivity index (χ1) is 6.50. The third-order valence-electron chi connectivity index (χ3n) is 1.47. The second-order valence-electron chi connectivity index (χ2n) is 2.48. The summed E-state index contributed by atoms with van der Waals surface area (Å²) in [6.07, 6.45) is 0. The molecular formula is C8H7FN2O3. The Balaban J connectivity index is 3.14. The number of carboxylic acids is 1. The molecule has 0 unspecified atom stereocenters. The van der Waals surface area contributed by atoms with Gasteiger partial charge in [0.2, 0.25) is 0 Å². The maximum Gasteiger partial charge on any atom is 0.337 e. The number of primary amides is 1. The predicted molar refractivity (Wildman–Crippen MR) is 46.6 cm³/mol. The lowest BCUT2D eigenvalue weighted by Gasteiger charge is -2.05. The van der Waals surface area contributed by atoms with E-state index >= 15 is 0 Å². The molecule has 0 aromatic heterocycles. The Morgan fingerprint density at radius 1 is 1.43 bits per heavy atom. The number of rotatable bonds is 2. The zero-order valence-corrected chi connectivity index (χ0v) is 6.95. The molecule has 0 radical (unpaired) electrons. The summed E-state index contributed by atoms with van der Waals surface area (Å²) in [5.41, 5.74) is 4.42. The first-order valence-corrected chi connectivity index (χ1v) is 3.60. The molecule has 1 rings (SSSR count). The van der Waals surface area contributed by atoms with Crippen molar-refractivity contribution in [2.75, 3.05) is 5.32 Å². The number of halogens is 1. The van der Waals surface area contributed by atoms with Gasteiger partial charge >= 0.3 is 12.0 Å². The van der Waals surface area contributed by atoms with Crippen LogP contribution < -0.4 is 11.1 Å². The van der Waals surface area contributed by atoms with Gasteiger partial charge in [-0.25, -0.2) is 14.0 Å². The van der Waals surface area contributed by atoms with E-state index in [1.165, 1.54) is 0 Å². The van der Waals surface area contributed by atoms with Crippen LogP contribution in [-0.4, -0.2) is 17.1 Å². The molecule has 1 aromatic rings. The van der Waals surface area contributed by atoms with Gasteiger partial charge in [-0.15, -0.1) is 0 Å². The Morgan fingerprint density at radius 2 is 2.07 bits per heavy atom. The van der Waals surface area contributed by atoms with Gasteiger partial charge in [-0.1, -0.05) is 0 Å². The van der Waals surface area contributed by atoms with E-state index in [0.29, 0.717) is 0 Å². The van der Waals surface area contributed by atoms with Crippen LogP contribution in [0.15, 0.2) is 18.2 Å². The quantitative estimate of drug-likeness (QED) is 0.662. The van der Waals surface area contributed by atoms with Crippen LogP contribution in [0.1, 0.15) is 10.4 Å². The minimum absolute atomic E-state index is 0.0357. The number of nitrogens with one attached hydrogen (secondary N) is 1. The predicted octanol–water partition coefficient (Wildman–Crippen LogP) is 1.01. The van der Waals surface area contributed by atoms with Crippen molar-refractivity contribution in [3.05, 3.63) is 29.6 Å². The summed E-state index contributed by atoms with van der Waals surface area (Å²) in [6, 6.07) is 2.05. The molecule has 5 nitrogen and oxygen atoms in total. The number of anilines is 1. The Kier molecular flexibility index (Phi) is 2.66. The number of carboxylic acid groups (broad SMARTS) is 1. The molecule has 0 atom stereocenters. The molecule has 0 aliphatic rings. The summed E-state index contributed by atoms with van der Waals surface area (Å²) < 4.78 is 12.6. The van der Waals surface area contributed by atoms with E-state index in [-0.39, 0.29) is 11.3 Å². The van der Waals surface area contributed by atoms with Crippen LogP contribution in [0.2, 0.25) is 0 Å². The zero-order valence-electron chi connectivity index (χ0n) is 6.95. The van der Waals surface area contributed by atoms with E-state index in [1.807, 2.05) is 0 Å². The monoisotopic (exact) mass is 198 g/mol. The van der Waals surface area contributed by atoms with Gasteiger partial charge in [0, 0.05) is 0 Å². The van der Waals surface area contributed by atoms with Crippen molar-refractivity contribution in [2.24, 2.45) is 5.73 Å². The highest BCUT2D eigenvalue weighted by Gasteiger charge is 2.11. The largest absolute Gasteiger partial charge is 0.478 e. The molecular weight excluding hydrogens is 191 g/mol. The molecule has 0 saturated carbocycles. The van der Waals surface area contributed by atoms with Gasteiger partial charge in [0.15, 0.2) is 0 Å². The van der Waals surface area contributed by atoms with Gasteiger partial charge in [-0.3, -0.25) is 0 Å². The average Bonchev–Trinajstić information content (AvgIpc) is 2.07. The van der Waals surface area contributed by atoms with Crippen molar-refractivity contribution < 1.29 is 19.1 Å². The van der Waals surface area contributed by atoms with Crippen LogP contribution in [0, 0.1) is 5.82 Å². The van der Waals surface area contributed by atoms with E-state index in [9.17, 15) is 14.0 Å². The number of nitrogens with two attached hydrogens (primary N) is 1. The third kappa shape index (κ3) is 2.19. The standard InChI is InChI=1S/C8H7FN2O3/c9-4-1-2-6(11-8(10)14)5(3-4)7(12)13/h1-3H,(H,12,13)(H3,10,11,14). The van der Waals surface area contributed by atoms with Gasteiger partial charge in [0.25, 0.3) is 0 Å². The van der Waals surface area contributed by atoms with Crippen molar-refractivity contribution in [3.8, 4) is 0 Å². The molecule has 0 spiro atoms. The average molecular weight is 198 g/mol. The molecule has 1 aromatic carbocycles. The fourth-order valence-electron chi connectivity index (χ4n) is 0.935. The normalized spacial score (nSPS) is 9.50. The maximum atomic E-state index is 12.6. The van der Waals surface area contributed by atoms with E-state index in [4.69, 9.17) is 10.8 Å². The highest BCUT2D eigenvalue weighted by atomic mass is 19.1. The topological polar surface area (TPSA) is 92.4 Å². The van der Waals surface area contributed by atoms with Crippen molar-refractivity contribution in [2.45, 2.75) is 0 Å². The maximum absolute atomic E-state index is 12.6. The van der Waals surface area contributed by atoms with E-state index in [0.717, 1.165) is 18.2 Å². The number of carbonyl (C=O) groups is 2. The van der Waals surface area contributed by atoms with Crippen LogP contribution in [0.5, 0.6) is 0 Å². The smallest absolute Gasteiger partial charge is 0.337 e. The number of hydrogen-bond donors (Lipinski definition) is 3. The van der Waals surface area contributed by atoms with Gasteiger partial charge in [0.05, 0.1) is 11.3 Å². The summed E-state index contributed by atoms with van der Waals surface area (Å²) in [7, 11) is 0. The second-order valence-corrected chi connectivity index (χ2v) is 2.48. The summed E-state index contributed by atoms with van der Waals surface area (Å²) in [4.78, 5) is 21.0. The van der Waals surface area contributed by atoms with Crippen molar-refractivity contribution in [3.63, 3.8) is 0 Å². The summed E-state index contributed by atoms with van der Waals surface area (Å²) in [6.45, 7) is 0. The molecule has 4 N–H and O–H groups in total. The summed E-state index contributed by atoms with van der Waals surface area (Å²) in [5.74, 6) is -2.04. The van der Waals surface area contributed by atoms with Gasteiger partial charge in [-0.2, -0.15) is 0 Å². The first-order valence-electron chi connectivity index (χ1n) is 3.60. The lowest BCUT2D eigenvalue weighted by molar-refractivity contribution is 0.0697. The van der Waals surface area contributed by atoms with Gasteiger partial charge in [0.1, 0.15) is 5.82 Å². The number of benzene rings is 1. The number of urea groups is 1. The lowest BCUT2D eigenvalue weighted by Crippen LogP contribution is -2.21. The highest BCUT2D eigenvalue weighted by molar-refractivity contribution is 5.99. The summed E-state index contributed by atoms with van der Waals surface area (Å²) in [5, 5.41) is 10.7. The number of aromatic carboxylic acids is 1. The van der Waals surface area contributed by atoms with Gasteiger partial charge < -0.3 is 16.2 Å². The molecule has 0 saturated heterocycles. The molecule has 0 fully saturated rings. The minimum Gasteiger partial charge on any atom is -0.478 e. The van der Waals surface area contributed by atoms with E-state index in [1.54, 1.807) is 0 Å². The van der Waals surface area contributed by atoms with Crippen LogP contribution in [0.4, 0.5) is 14.9 Å². The molecule has 6 heteroatoms. The van der Waals surface area contributed by atoms with Crippen LogP contribution in [0.3, 0.4) is 0 Å². The highest BCUT2D eigenvalue weighted by Crippen LogP contribution is 2.16. The summed E-state index contributed by atoms with van der Waals surface area (Å²) >= 11 is 0. The molecule has 0 aliphatic carbocycles. The Bertz CT molecular complexity index is 392. The molecule has 2 amide bonds. The van der Waals surface area contributed by atoms with Gasteiger partial charge in [-0.05, 0) is 18.2 Å². The molecule has 14 heavy (non-hydrogen) atoms. The van der Waals surface area contributed by atoms with Crippen LogP contribution in [0.25, 0.3) is 0 Å². The third-order valence-corrected chi connectivity index (χ3v) is 1.47. The Morgan fingerprint density at radius 3 is 2.57 bits per heavy atom. The Hall–Kier alpha value is -2.11. The second kappa shape index (κ2) is 3.73. The van der Waals surface area contributed by atoms with Crippen molar-refractivity contribution in [1.82, 2.24) is 0 Å². The molecule has 0 bridgehead atoms. The lowest BCUT2D eigenvalue weighted by atomic mass is 10.2. The van der Waals surface area contributed by atoms with E-state index < -0.39 is 17.8 Å². The number of hydrogen-bond acceptors (Lipinski definition) is 2. The zero-order chi connectivity index (χ0) is 10.7. The molecule has 0 aliphatic heterocycles. The SMILES string of the molecule is NC(=O)Nc1ccc(F)cc1C(=O)O. The fraction of sp³-hybridized carbons (Fsp3) is 0. The van der Waals surface area contributed by atoms with Crippen molar-refractivity contribution in [1.29, 1.82) is 0 Å². The van der Waals surface area contributed by atoms with Crippen LogP contribution >= 0.6 is 0 Å². The van der Waals surface area contributed by atoms with Crippen LogP contribution in [-0.2, 0) is 0 Å². The molecule has 0 heterocycles. The van der Waals surface area contributed by atoms with Crippen molar-refractivity contribution >= 4 is 17.7 Å². The minimum atomic E-state index is -1.34. The molecule has 74 valence electrons. The first kappa shape index (κ1) is 9.97. The van der Waals surface area contributed by atoms with E-state index in [2.05, 4.69) is 5.32 Å². The number of carbonyl (C=O) groups excluding carboxylic acids is 1.